The molecular weight excluding hydrogens is 224 g/mol. The zero-order chi connectivity index (χ0) is 11.9. The summed E-state index contributed by atoms with van der Waals surface area (Å²) in [6.45, 7) is 6.15. The van der Waals surface area contributed by atoms with Gasteiger partial charge in [0, 0.05) is 0 Å². The number of fused-ring (bicyclic) bond motifs is 1. The van der Waals surface area contributed by atoms with Crippen molar-refractivity contribution in [2.24, 2.45) is 11.1 Å². The van der Waals surface area contributed by atoms with E-state index in [9.17, 15) is 0 Å². The predicted molar refractivity (Wildman–Crippen MR) is 65.4 cm³/mol. The van der Waals surface area contributed by atoms with E-state index in [2.05, 4.69) is 4.98 Å². The molecular formula is C12H15ClN2O. The topological polar surface area (TPSA) is 52.0 Å². The minimum absolute atomic E-state index is 0.0899. The van der Waals surface area contributed by atoms with E-state index in [1.807, 2.05) is 32.9 Å². The molecule has 0 bridgehead atoms. The van der Waals surface area contributed by atoms with E-state index in [4.69, 9.17) is 21.8 Å². The van der Waals surface area contributed by atoms with Crippen molar-refractivity contribution in [1.29, 1.82) is 0 Å². The number of nitrogens with two attached hydrogens (primary N) is 1. The Morgan fingerprint density at radius 1 is 1.38 bits per heavy atom. The normalized spacial score (nSPS) is 14.3. The van der Waals surface area contributed by atoms with Crippen molar-refractivity contribution in [3.8, 4) is 0 Å². The second kappa shape index (κ2) is 3.75. The minimum Gasteiger partial charge on any atom is -0.437 e. The van der Waals surface area contributed by atoms with E-state index in [-0.39, 0.29) is 11.5 Å². The molecule has 86 valence electrons. The van der Waals surface area contributed by atoms with Gasteiger partial charge in [-0.05, 0) is 17.5 Å². The van der Waals surface area contributed by atoms with Crippen LogP contribution in [0.15, 0.2) is 22.6 Å². The van der Waals surface area contributed by atoms with Crippen LogP contribution in [0.4, 0.5) is 0 Å². The molecule has 1 aromatic carbocycles. The van der Waals surface area contributed by atoms with Gasteiger partial charge in [-0.15, -0.1) is 0 Å². The largest absolute Gasteiger partial charge is 0.437 e. The van der Waals surface area contributed by atoms with Crippen molar-refractivity contribution in [2.75, 3.05) is 0 Å². The van der Waals surface area contributed by atoms with Gasteiger partial charge in [0.05, 0.1) is 11.1 Å². The lowest BCUT2D eigenvalue weighted by molar-refractivity contribution is 0.282. The van der Waals surface area contributed by atoms with Crippen LogP contribution in [0, 0.1) is 5.41 Å². The van der Waals surface area contributed by atoms with Crippen LogP contribution < -0.4 is 5.73 Å². The maximum atomic E-state index is 6.09. The number of hydrogen-bond acceptors (Lipinski definition) is 3. The van der Waals surface area contributed by atoms with Crippen molar-refractivity contribution in [1.82, 2.24) is 4.98 Å². The van der Waals surface area contributed by atoms with E-state index in [0.29, 0.717) is 16.5 Å². The van der Waals surface area contributed by atoms with Crippen molar-refractivity contribution in [3.05, 3.63) is 29.1 Å². The molecule has 1 aromatic heterocycles. The van der Waals surface area contributed by atoms with Crippen LogP contribution in [-0.4, -0.2) is 4.98 Å². The molecule has 0 aliphatic rings. The van der Waals surface area contributed by atoms with Gasteiger partial charge in [0.2, 0.25) is 5.89 Å². The lowest BCUT2D eigenvalue weighted by Gasteiger charge is -2.23. The Labute approximate surface area is 99.6 Å². The molecule has 0 aliphatic carbocycles. The summed E-state index contributed by atoms with van der Waals surface area (Å²) in [5.74, 6) is 0.538. The van der Waals surface area contributed by atoms with E-state index in [1.54, 1.807) is 6.07 Å². The summed E-state index contributed by atoms with van der Waals surface area (Å²) >= 11 is 6.01. The highest BCUT2D eigenvalue weighted by Gasteiger charge is 2.27. The van der Waals surface area contributed by atoms with Crippen molar-refractivity contribution in [3.63, 3.8) is 0 Å². The lowest BCUT2D eigenvalue weighted by Crippen LogP contribution is -2.26. The zero-order valence-electron chi connectivity index (χ0n) is 9.62. The quantitative estimate of drug-likeness (QED) is 0.827. The monoisotopic (exact) mass is 238 g/mol. The second-order valence-corrected chi connectivity index (χ2v) is 5.39. The predicted octanol–water partition coefficient (Wildman–Crippen LogP) is 3.53. The maximum Gasteiger partial charge on any atom is 0.213 e. The fourth-order valence-electron chi connectivity index (χ4n) is 1.44. The molecule has 1 unspecified atom stereocenters. The third-order valence-electron chi connectivity index (χ3n) is 2.58. The standard InChI is InChI=1S/C12H15ClN2O/c1-12(2,3)10(14)11-15-8-6-4-5-7(13)9(8)16-11/h4-6,10H,14H2,1-3H3. The van der Waals surface area contributed by atoms with Gasteiger partial charge in [0.25, 0.3) is 0 Å². The van der Waals surface area contributed by atoms with E-state index in [1.165, 1.54) is 0 Å². The highest BCUT2D eigenvalue weighted by Crippen LogP contribution is 2.33. The van der Waals surface area contributed by atoms with Crippen LogP contribution >= 0.6 is 11.6 Å². The van der Waals surface area contributed by atoms with Gasteiger partial charge < -0.3 is 10.2 Å². The summed E-state index contributed by atoms with van der Waals surface area (Å²) in [5, 5.41) is 0.567. The molecule has 0 spiro atoms. The molecule has 0 radical (unpaired) electrons. The molecule has 0 amide bonds. The summed E-state index contributed by atoms with van der Waals surface area (Å²) < 4.78 is 5.62. The van der Waals surface area contributed by atoms with Crippen molar-refractivity contribution >= 4 is 22.7 Å². The number of para-hydroxylation sites is 1. The number of hydrogen-bond donors (Lipinski definition) is 1. The fourth-order valence-corrected chi connectivity index (χ4v) is 1.64. The maximum absolute atomic E-state index is 6.09. The summed E-state index contributed by atoms with van der Waals surface area (Å²) in [6, 6.07) is 5.25. The highest BCUT2D eigenvalue weighted by atomic mass is 35.5. The number of rotatable bonds is 1. The minimum atomic E-state index is -0.240. The van der Waals surface area contributed by atoms with Gasteiger partial charge in [-0.2, -0.15) is 0 Å². The first-order valence-corrected chi connectivity index (χ1v) is 5.58. The Hall–Kier alpha value is -1.06. The second-order valence-electron chi connectivity index (χ2n) is 4.98. The third-order valence-corrected chi connectivity index (χ3v) is 2.88. The summed E-state index contributed by atoms with van der Waals surface area (Å²) in [7, 11) is 0. The average molecular weight is 239 g/mol. The average Bonchev–Trinajstić information content (AvgIpc) is 2.60. The molecule has 3 nitrogen and oxygen atoms in total. The number of aromatic nitrogens is 1. The lowest BCUT2D eigenvalue weighted by atomic mass is 9.87. The first-order valence-electron chi connectivity index (χ1n) is 5.20. The van der Waals surface area contributed by atoms with E-state index in [0.717, 1.165) is 5.52 Å². The van der Waals surface area contributed by atoms with Crippen molar-refractivity contribution < 1.29 is 4.42 Å². The van der Waals surface area contributed by atoms with E-state index < -0.39 is 0 Å². The molecule has 2 N–H and O–H groups in total. The van der Waals surface area contributed by atoms with Gasteiger partial charge in [-0.25, -0.2) is 4.98 Å². The van der Waals surface area contributed by atoms with Crippen LogP contribution in [0.1, 0.15) is 32.7 Å². The summed E-state index contributed by atoms with van der Waals surface area (Å²) in [6.07, 6.45) is 0. The number of benzene rings is 1. The van der Waals surface area contributed by atoms with E-state index >= 15 is 0 Å². The first kappa shape index (κ1) is 11.4. The van der Waals surface area contributed by atoms with Gasteiger partial charge in [-0.3, -0.25) is 0 Å². The molecule has 4 heteroatoms. The number of nitrogens with zero attached hydrogens (tertiary/aromatic N) is 1. The Morgan fingerprint density at radius 3 is 2.62 bits per heavy atom. The van der Waals surface area contributed by atoms with Gasteiger partial charge >= 0.3 is 0 Å². The van der Waals surface area contributed by atoms with Gasteiger partial charge in [0.1, 0.15) is 5.52 Å². The van der Waals surface area contributed by atoms with Crippen molar-refractivity contribution in [2.45, 2.75) is 26.8 Å². The zero-order valence-corrected chi connectivity index (χ0v) is 10.4. The SMILES string of the molecule is CC(C)(C)C(N)c1nc2cccc(Cl)c2o1. The molecule has 0 fully saturated rings. The molecule has 2 aromatic rings. The smallest absolute Gasteiger partial charge is 0.213 e. The third kappa shape index (κ3) is 1.93. The molecule has 2 rings (SSSR count). The Kier molecular flexibility index (Phi) is 2.68. The first-order chi connectivity index (χ1) is 7.39. The molecule has 0 aliphatic heterocycles. The van der Waals surface area contributed by atoms with Crippen LogP contribution in [0.2, 0.25) is 5.02 Å². The molecule has 1 atom stereocenters. The van der Waals surface area contributed by atoms with Crippen LogP contribution in [0.25, 0.3) is 11.1 Å². The van der Waals surface area contributed by atoms with Gasteiger partial charge in [-0.1, -0.05) is 38.4 Å². The molecule has 0 saturated heterocycles. The van der Waals surface area contributed by atoms with Crippen LogP contribution in [0.5, 0.6) is 0 Å². The van der Waals surface area contributed by atoms with Crippen LogP contribution in [0.3, 0.4) is 0 Å². The fraction of sp³-hybridized carbons (Fsp3) is 0.417. The number of halogens is 1. The number of oxazole rings is 1. The Morgan fingerprint density at radius 2 is 2.06 bits per heavy atom. The Bertz CT molecular complexity index is 513. The summed E-state index contributed by atoms with van der Waals surface area (Å²) in [5.41, 5.74) is 7.36. The Balaban J connectivity index is 2.52. The molecule has 16 heavy (non-hydrogen) atoms. The summed E-state index contributed by atoms with van der Waals surface area (Å²) in [4.78, 5) is 4.36. The van der Waals surface area contributed by atoms with Gasteiger partial charge in [0.15, 0.2) is 5.58 Å². The highest BCUT2D eigenvalue weighted by molar-refractivity contribution is 6.34. The molecule has 1 heterocycles. The van der Waals surface area contributed by atoms with Crippen LogP contribution in [-0.2, 0) is 0 Å². The molecule has 0 saturated carbocycles.